The van der Waals surface area contributed by atoms with Crippen molar-refractivity contribution in [1.82, 2.24) is 0 Å². The largest absolute Gasteiger partial charge is 0.350 e. The number of halogens is 1. The van der Waals surface area contributed by atoms with E-state index in [0.717, 1.165) is 27.6 Å². The van der Waals surface area contributed by atoms with E-state index in [2.05, 4.69) is 5.32 Å². The first kappa shape index (κ1) is 21.0. The second-order valence-corrected chi connectivity index (χ2v) is 8.58. The van der Waals surface area contributed by atoms with Gasteiger partial charge in [-0.2, -0.15) is 0 Å². The summed E-state index contributed by atoms with van der Waals surface area (Å²) in [6.07, 6.45) is 0. The highest BCUT2D eigenvalue weighted by atomic mass is 35.5. The Morgan fingerprint density at radius 3 is 2.27 bits per heavy atom. The van der Waals surface area contributed by atoms with Gasteiger partial charge in [-0.3, -0.25) is 9.59 Å². The number of carbonyl (C=O) groups excluding carboxylic acids is 2. The summed E-state index contributed by atoms with van der Waals surface area (Å²) < 4.78 is 0. The SMILES string of the molecule is Cc1ccc(C2=C(Nc3ccc(Cl)cc3C)C(=O)N(c3cccc4ccccc34)C2=O)cc1. The molecule has 0 radical (unpaired) electrons. The molecule has 0 fully saturated rings. The molecule has 0 saturated heterocycles. The number of hydrogen-bond acceptors (Lipinski definition) is 3. The maximum Gasteiger partial charge on any atom is 0.282 e. The van der Waals surface area contributed by atoms with Crippen LogP contribution in [0.3, 0.4) is 0 Å². The van der Waals surface area contributed by atoms with Gasteiger partial charge in [0.25, 0.3) is 11.8 Å². The van der Waals surface area contributed by atoms with Gasteiger partial charge >= 0.3 is 0 Å². The second kappa shape index (κ2) is 8.23. The lowest BCUT2D eigenvalue weighted by Gasteiger charge is -2.18. The Balaban J connectivity index is 1.67. The number of fused-ring (bicyclic) bond motifs is 1. The summed E-state index contributed by atoms with van der Waals surface area (Å²) in [4.78, 5) is 28.8. The van der Waals surface area contributed by atoms with Crippen LogP contribution < -0.4 is 10.2 Å². The molecule has 5 rings (SSSR count). The Hall–Kier alpha value is -3.89. The number of anilines is 2. The summed E-state index contributed by atoms with van der Waals surface area (Å²) >= 11 is 6.11. The van der Waals surface area contributed by atoms with Crippen molar-refractivity contribution in [3.05, 3.63) is 112 Å². The topological polar surface area (TPSA) is 49.4 Å². The number of amides is 2. The fourth-order valence-electron chi connectivity index (χ4n) is 4.16. The van der Waals surface area contributed by atoms with Gasteiger partial charge in [0.15, 0.2) is 0 Å². The van der Waals surface area contributed by atoms with Crippen LogP contribution in [0.15, 0.2) is 90.6 Å². The van der Waals surface area contributed by atoms with Crippen molar-refractivity contribution in [2.24, 2.45) is 0 Å². The molecule has 0 spiro atoms. The molecule has 0 aliphatic carbocycles. The summed E-state index contributed by atoms with van der Waals surface area (Å²) in [6.45, 7) is 3.89. The highest BCUT2D eigenvalue weighted by Crippen LogP contribution is 2.37. The lowest BCUT2D eigenvalue weighted by Crippen LogP contribution is -2.32. The number of aryl methyl sites for hydroxylation is 2. The van der Waals surface area contributed by atoms with Crippen LogP contribution in [0.25, 0.3) is 16.3 Å². The van der Waals surface area contributed by atoms with Gasteiger partial charge < -0.3 is 5.32 Å². The molecule has 4 nitrogen and oxygen atoms in total. The van der Waals surface area contributed by atoms with Crippen molar-refractivity contribution >= 4 is 51.1 Å². The third kappa shape index (κ3) is 3.69. The molecule has 162 valence electrons. The molecule has 1 N–H and O–H groups in total. The molecule has 0 aromatic heterocycles. The van der Waals surface area contributed by atoms with Crippen LogP contribution in [-0.2, 0) is 9.59 Å². The second-order valence-electron chi connectivity index (χ2n) is 8.14. The van der Waals surface area contributed by atoms with Crippen LogP contribution in [0.5, 0.6) is 0 Å². The molecule has 1 aliphatic rings. The maximum atomic E-state index is 13.8. The Kier molecular flexibility index (Phi) is 5.23. The summed E-state index contributed by atoms with van der Waals surface area (Å²) in [5, 5.41) is 5.65. The molecule has 0 unspecified atom stereocenters. The number of imide groups is 1. The van der Waals surface area contributed by atoms with Crippen LogP contribution in [0.2, 0.25) is 5.02 Å². The van der Waals surface area contributed by atoms with E-state index in [4.69, 9.17) is 11.6 Å². The molecule has 2 amide bonds. The summed E-state index contributed by atoms with van der Waals surface area (Å²) in [6, 6.07) is 26.4. The van der Waals surface area contributed by atoms with Gasteiger partial charge in [-0.1, -0.05) is 77.8 Å². The minimum atomic E-state index is -0.388. The summed E-state index contributed by atoms with van der Waals surface area (Å²) in [5.41, 5.74) is 4.53. The zero-order valence-corrected chi connectivity index (χ0v) is 19.0. The van der Waals surface area contributed by atoms with Crippen molar-refractivity contribution in [2.75, 3.05) is 10.2 Å². The maximum absolute atomic E-state index is 13.8. The van der Waals surface area contributed by atoms with E-state index in [1.807, 2.05) is 86.6 Å². The first-order valence-electron chi connectivity index (χ1n) is 10.6. The molecule has 1 aliphatic heterocycles. The number of benzene rings is 4. The average Bonchev–Trinajstić information content (AvgIpc) is 3.05. The Morgan fingerprint density at radius 1 is 0.788 bits per heavy atom. The predicted molar refractivity (Wildman–Crippen MR) is 134 cm³/mol. The number of hydrogen-bond donors (Lipinski definition) is 1. The van der Waals surface area contributed by atoms with Crippen molar-refractivity contribution in [3.8, 4) is 0 Å². The van der Waals surface area contributed by atoms with E-state index in [1.54, 1.807) is 12.1 Å². The van der Waals surface area contributed by atoms with Gasteiger partial charge in [-0.15, -0.1) is 0 Å². The lowest BCUT2D eigenvalue weighted by molar-refractivity contribution is -0.120. The molecule has 4 aromatic carbocycles. The quantitative estimate of drug-likeness (QED) is 0.359. The van der Waals surface area contributed by atoms with E-state index >= 15 is 0 Å². The van der Waals surface area contributed by atoms with E-state index in [1.165, 1.54) is 4.90 Å². The molecule has 1 heterocycles. The minimum absolute atomic E-state index is 0.252. The fourth-order valence-corrected chi connectivity index (χ4v) is 4.38. The van der Waals surface area contributed by atoms with Crippen LogP contribution in [0, 0.1) is 13.8 Å². The molecule has 5 heteroatoms. The van der Waals surface area contributed by atoms with Gasteiger partial charge in [0.05, 0.1) is 11.3 Å². The minimum Gasteiger partial charge on any atom is -0.350 e. The monoisotopic (exact) mass is 452 g/mol. The van der Waals surface area contributed by atoms with Gasteiger partial charge in [-0.25, -0.2) is 4.90 Å². The first-order valence-corrected chi connectivity index (χ1v) is 11.0. The lowest BCUT2D eigenvalue weighted by atomic mass is 10.0. The normalized spacial score (nSPS) is 13.8. The highest BCUT2D eigenvalue weighted by molar-refractivity contribution is 6.47. The van der Waals surface area contributed by atoms with Crippen molar-refractivity contribution in [3.63, 3.8) is 0 Å². The molecule has 0 saturated carbocycles. The molecule has 0 bridgehead atoms. The van der Waals surface area contributed by atoms with Gasteiger partial charge in [0.2, 0.25) is 0 Å². The van der Waals surface area contributed by atoms with Crippen LogP contribution in [-0.4, -0.2) is 11.8 Å². The van der Waals surface area contributed by atoms with E-state index in [0.29, 0.717) is 21.8 Å². The number of carbonyl (C=O) groups is 2. The number of nitrogens with zero attached hydrogens (tertiary/aromatic N) is 1. The van der Waals surface area contributed by atoms with Crippen molar-refractivity contribution < 1.29 is 9.59 Å². The van der Waals surface area contributed by atoms with Crippen molar-refractivity contribution in [2.45, 2.75) is 13.8 Å². The van der Waals surface area contributed by atoms with Crippen molar-refractivity contribution in [1.29, 1.82) is 0 Å². The first-order chi connectivity index (χ1) is 15.9. The average molecular weight is 453 g/mol. The van der Waals surface area contributed by atoms with E-state index in [9.17, 15) is 9.59 Å². The Morgan fingerprint density at radius 2 is 1.52 bits per heavy atom. The van der Waals surface area contributed by atoms with Gasteiger partial charge in [0.1, 0.15) is 5.70 Å². The molecular formula is C28H21ClN2O2. The zero-order valence-electron chi connectivity index (χ0n) is 18.2. The van der Waals surface area contributed by atoms with Crippen LogP contribution in [0.1, 0.15) is 16.7 Å². The van der Waals surface area contributed by atoms with Gasteiger partial charge in [-0.05, 0) is 54.6 Å². The molecular weight excluding hydrogens is 432 g/mol. The van der Waals surface area contributed by atoms with E-state index in [-0.39, 0.29) is 17.5 Å². The standard InChI is InChI=1S/C28H21ClN2O2/c1-17-10-12-20(13-11-17)25-26(30-23-15-14-21(29)16-18(23)2)28(33)31(27(25)32)24-9-5-7-19-6-3-4-8-22(19)24/h3-16,30H,1-2H3. The molecule has 33 heavy (non-hydrogen) atoms. The highest BCUT2D eigenvalue weighted by Gasteiger charge is 2.41. The Bertz CT molecular complexity index is 1450. The molecule has 4 aromatic rings. The molecule has 0 atom stereocenters. The number of rotatable bonds is 4. The third-order valence-electron chi connectivity index (χ3n) is 5.88. The number of nitrogens with one attached hydrogen (secondary N) is 1. The van der Waals surface area contributed by atoms with Crippen LogP contribution in [0.4, 0.5) is 11.4 Å². The van der Waals surface area contributed by atoms with Gasteiger partial charge in [0, 0.05) is 16.1 Å². The van der Waals surface area contributed by atoms with E-state index < -0.39 is 0 Å². The fraction of sp³-hybridized carbons (Fsp3) is 0.0714. The Labute approximate surface area is 197 Å². The zero-order chi connectivity index (χ0) is 23.1. The third-order valence-corrected chi connectivity index (χ3v) is 6.11. The predicted octanol–water partition coefficient (Wildman–Crippen LogP) is 6.51. The van der Waals surface area contributed by atoms with Crippen LogP contribution >= 0.6 is 11.6 Å². The summed E-state index contributed by atoms with van der Waals surface area (Å²) in [5.74, 6) is -0.740. The summed E-state index contributed by atoms with van der Waals surface area (Å²) in [7, 11) is 0. The smallest absolute Gasteiger partial charge is 0.282 e.